The number of carbonyl (C=O) groups excluding carboxylic acids is 1. The number of hydrogen-bond donors (Lipinski definition) is 0. The van der Waals surface area contributed by atoms with Crippen molar-refractivity contribution >= 4 is 11.5 Å². The minimum absolute atomic E-state index is 0.0695. The maximum Gasteiger partial charge on any atom is 0.160 e. The Hall–Kier alpha value is -1.64. The van der Waals surface area contributed by atoms with Crippen molar-refractivity contribution < 1.29 is 9.63 Å². The Morgan fingerprint density at radius 1 is 1.28 bits per heavy atom. The van der Waals surface area contributed by atoms with Crippen molar-refractivity contribution in [3.05, 3.63) is 34.9 Å². The van der Waals surface area contributed by atoms with E-state index in [2.05, 4.69) is 12.1 Å². The van der Waals surface area contributed by atoms with Crippen molar-refractivity contribution in [1.29, 1.82) is 0 Å². The molecule has 0 heterocycles. The predicted octanol–water partition coefficient (Wildman–Crippen LogP) is 3.75. The second kappa shape index (κ2) is 6.94. The van der Waals surface area contributed by atoms with E-state index in [1.165, 1.54) is 0 Å². The van der Waals surface area contributed by atoms with Gasteiger partial charge in [-0.1, -0.05) is 37.2 Å². The summed E-state index contributed by atoms with van der Waals surface area (Å²) in [4.78, 5) is 16.9. The molecule has 0 saturated heterocycles. The lowest BCUT2D eigenvalue weighted by molar-refractivity contribution is 0.100. The highest BCUT2D eigenvalue weighted by atomic mass is 16.6. The number of aryl methyl sites for hydroxylation is 1. The Labute approximate surface area is 109 Å². The van der Waals surface area contributed by atoms with E-state index in [-0.39, 0.29) is 5.78 Å². The third-order valence-electron chi connectivity index (χ3n) is 2.97. The molecule has 0 fully saturated rings. The number of oxime groups is 1. The van der Waals surface area contributed by atoms with Gasteiger partial charge in [0, 0.05) is 11.1 Å². The number of carbonyl (C=O) groups is 1. The highest BCUT2D eigenvalue weighted by Crippen LogP contribution is 2.17. The molecule has 1 aromatic rings. The van der Waals surface area contributed by atoms with Gasteiger partial charge < -0.3 is 4.84 Å². The number of Topliss-reactive ketones (excluding diaryl/α,β-unsaturated/α-hetero) is 1. The van der Waals surface area contributed by atoms with Crippen LogP contribution < -0.4 is 0 Å². The first-order valence-electron chi connectivity index (χ1n) is 6.37. The van der Waals surface area contributed by atoms with Crippen molar-refractivity contribution in [3.8, 4) is 0 Å². The summed E-state index contributed by atoms with van der Waals surface area (Å²) in [5, 5.41) is 4.02. The largest absolute Gasteiger partial charge is 0.391 e. The topological polar surface area (TPSA) is 38.7 Å². The Morgan fingerprint density at radius 3 is 2.56 bits per heavy atom. The maximum absolute atomic E-state index is 11.6. The summed E-state index contributed by atoms with van der Waals surface area (Å²) in [6, 6.07) is 5.79. The van der Waals surface area contributed by atoms with Crippen LogP contribution >= 0.6 is 0 Å². The van der Waals surface area contributed by atoms with Gasteiger partial charge in [-0.15, -0.1) is 0 Å². The number of nitrogens with zero attached hydrogens (tertiary/aromatic N) is 1. The molecule has 0 radical (unpaired) electrons. The summed E-state index contributed by atoms with van der Waals surface area (Å²) in [5.74, 6) is 0.0695. The molecule has 1 aromatic carbocycles. The van der Waals surface area contributed by atoms with Gasteiger partial charge in [-0.2, -0.15) is 0 Å². The fourth-order valence-electron chi connectivity index (χ4n) is 1.74. The Balaban J connectivity index is 2.94. The summed E-state index contributed by atoms with van der Waals surface area (Å²) in [5.41, 5.74) is 3.79. The molecular weight excluding hydrogens is 226 g/mol. The molecule has 0 aromatic heterocycles. The number of ketones is 1. The monoisotopic (exact) mass is 247 g/mol. The molecule has 0 N–H and O–H groups in total. The molecule has 1 rings (SSSR count). The number of hydrogen-bond acceptors (Lipinski definition) is 3. The minimum atomic E-state index is 0.0695. The lowest BCUT2D eigenvalue weighted by Gasteiger charge is -2.11. The van der Waals surface area contributed by atoms with Crippen LogP contribution in [0, 0.1) is 0 Å². The van der Waals surface area contributed by atoms with E-state index in [1.807, 2.05) is 32.0 Å². The van der Waals surface area contributed by atoms with E-state index in [0.29, 0.717) is 6.61 Å². The Morgan fingerprint density at radius 2 is 2.00 bits per heavy atom. The molecule has 98 valence electrons. The van der Waals surface area contributed by atoms with Crippen LogP contribution in [0.3, 0.4) is 0 Å². The first kappa shape index (κ1) is 14.4. The van der Waals surface area contributed by atoms with Crippen LogP contribution in [0.2, 0.25) is 0 Å². The molecule has 0 saturated carbocycles. The summed E-state index contributed by atoms with van der Waals surface area (Å²) < 4.78 is 0. The van der Waals surface area contributed by atoms with Gasteiger partial charge in [0.25, 0.3) is 0 Å². The highest BCUT2D eigenvalue weighted by molar-refractivity contribution is 5.95. The summed E-state index contributed by atoms with van der Waals surface area (Å²) >= 11 is 0. The zero-order valence-corrected chi connectivity index (χ0v) is 11.6. The molecule has 0 aliphatic rings. The molecule has 0 atom stereocenters. The van der Waals surface area contributed by atoms with Crippen molar-refractivity contribution in [1.82, 2.24) is 0 Å². The van der Waals surface area contributed by atoms with Crippen LogP contribution in [0.1, 0.15) is 55.6 Å². The third kappa shape index (κ3) is 3.69. The van der Waals surface area contributed by atoms with E-state index < -0.39 is 0 Å². The standard InChI is InChI=1S/C15H21NO2/c1-5-11(3)16-18-10-15-13(6-2)8-7-9-14(15)12(4)17/h7-9H,5-6,10H2,1-4H3. The lowest BCUT2D eigenvalue weighted by Crippen LogP contribution is -2.05. The zero-order chi connectivity index (χ0) is 13.5. The van der Waals surface area contributed by atoms with Gasteiger partial charge in [0.15, 0.2) is 5.78 Å². The van der Waals surface area contributed by atoms with Crippen LogP contribution in [0.4, 0.5) is 0 Å². The first-order valence-corrected chi connectivity index (χ1v) is 6.37. The van der Waals surface area contributed by atoms with Crippen molar-refractivity contribution in [2.75, 3.05) is 0 Å². The third-order valence-corrected chi connectivity index (χ3v) is 2.97. The fourth-order valence-corrected chi connectivity index (χ4v) is 1.74. The van der Waals surface area contributed by atoms with Gasteiger partial charge in [0.05, 0.1) is 5.71 Å². The molecule has 0 unspecified atom stereocenters. The number of rotatable bonds is 6. The second-order valence-corrected chi connectivity index (χ2v) is 4.31. The van der Waals surface area contributed by atoms with E-state index in [4.69, 9.17) is 4.84 Å². The van der Waals surface area contributed by atoms with Crippen molar-refractivity contribution in [2.45, 2.75) is 47.1 Å². The van der Waals surface area contributed by atoms with Gasteiger partial charge >= 0.3 is 0 Å². The number of benzene rings is 1. The molecule has 3 nitrogen and oxygen atoms in total. The quantitative estimate of drug-likeness (QED) is 0.436. The van der Waals surface area contributed by atoms with Gasteiger partial charge in [0.2, 0.25) is 0 Å². The first-order chi connectivity index (χ1) is 8.60. The Kier molecular flexibility index (Phi) is 5.56. The molecule has 0 spiro atoms. The zero-order valence-electron chi connectivity index (χ0n) is 11.6. The second-order valence-electron chi connectivity index (χ2n) is 4.31. The molecule has 18 heavy (non-hydrogen) atoms. The van der Waals surface area contributed by atoms with E-state index in [9.17, 15) is 4.79 Å². The maximum atomic E-state index is 11.6. The van der Waals surface area contributed by atoms with Gasteiger partial charge in [-0.25, -0.2) is 0 Å². The van der Waals surface area contributed by atoms with Crippen LogP contribution in [-0.2, 0) is 17.9 Å². The molecule has 0 aliphatic heterocycles. The van der Waals surface area contributed by atoms with Crippen LogP contribution in [0.25, 0.3) is 0 Å². The lowest BCUT2D eigenvalue weighted by atomic mass is 9.98. The Bertz CT molecular complexity index is 450. The smallest absolute Gasteiger partial charge is 0.160 e. The van der Waals surface area contributed by atoms with E-state index >= 15 is 0 Å². The highest BCUT2D eigenvalue weighted by Gasteiger charge is 2.11. The van der Waals surface area contributed by atoms with Crippen molar-refractivity contribution in [3.63, 3.8) is 0 Å². The molecule has 0 bridgehead atoms. The van der Waals surface area contributed by atoms with Gasteiger partial charge in [-0.3, -0.25) is 4.79 Å². The van der Waals surface area contributed by atoms with E-state index in [0.717, 1.165) is 35.2 Å². The normalized spacial score (nSPS) is 11.4. The minimum Gasteiger partial charge on any atom is -0.391 e. The van der Waals surface area contributed by atoms with E-state index in [1.54, 1.807) is 6.92 Å². The van der Waals surface area contributed by atoms with Crippen molar-refractivity contribution in [2.24, 2.45) is 5.16 Å². The fraction of sp³-hybridized carbons (Fsp3) is 0.467. The van der Waals surface area contributed by atoms with Gasteiger partial charge in [-0.05, 0) is 32.3 Å². The van der Waals surface area contributed by atoms with Crippen LogP contribution in [-0.4, -0.2) is 11.5 Å². The molecule has 0 amide bonds. The summed E-state index contributed by atoms with van der Waals surface area (Å²) in [7, 11) is 0. The average Bonchev–Trinajstić information content (AvgIpc) is 2.38. The molecular formula is C15H21NO2. The summed E-state index contributed by atoms with van der Waals surface area (Å²) in [6.07, 6.45) is 1.76. The van der Waals surface area contributed by atoms with Gasteiger partial charge in [0.1, 0.15) is 6.61 Å². The van der Waals surface area contributed by atoms with Crippen LogP contribution in [0.5, 0.6) is 0 Å². The predicted molar refractivity (Wildman–Crippen MR) is 74.0 cm³/mol. The molecule has 3 heteroatoms. The average molecular weight is 247 g/mol. The SMILES string of the molecule is CCC(C)=NOCc1c(CC)cccc1C(C)=O. The molecule has 0 aliphatic carbocycles. The summed E-state index contributed by atoms with van der Waals surface area (Å²) in [6.45, 7) is 7.97. The van der Waals surface area contributed by atoms with Crippen LogP contribution in [0.15, 0.2) is 23.4 Å².